The minimum absolute atomic E-state index is 0.000576. The zero-order valence-electron chi connectivity index (χ0n) is 18.0. The summed E-state index contributed by atoms with van der Waals surface area (Å²) < 4.78 is 16.7. The van der Waals surface area contributed by atoms with Gasteiger partial charge in [0.2, 0.25) is 0 Å². The lowest BCUT2D eigenvalue weighted by Gasteiger charge is -2.34. The number of carbonyl (C=O) groups is 2. The largest absolute Gasteiger partial charge is 0.335 e. The number of halogens is 1. The third-order valence-electron chi connectivity index (χ3n) is 6.31. The Balaban J connectivity index is 1.25. The number of hydrogen-bond donors (Lipinski definition) is 0. The van der Waals surface area contributed by atoms with Crippen LogP contribution in [0.4, 0.5) is 4.39 Å². The summed E-state index contributed by atoms with van der Waals surface area (Å²) in [5.41, 5.74) is 3.56. The van der Waals surface area contributed by atoms with Crippen LogP contribution in [0.2, 0.25) is 0 Å². The summed E-state index contributed by atoms with van der Waals surface area (Å²) in [6.45, 7) is 2.77. The Kier molecular flexibility index (Phi) is 5.24. The van der Waals surface area contributed by atoms with Crippen LogP contribution in [-0.2, 0) is 20.0 Å². The molecule has 9 heteroatoms. The van der Waals surface area contributed by atoms with E-state index in [1.807, 2.05) is 9.58 Å². The second-order valence-electron chi connectivity index (χ2n) is 8.31. The van der Waals surface area contributed by atoms with Crippen molar-refractivity contribution in [2.24, 2.45) is 7.05 Å². The fraction of sp³-hybridized carbons (Fsp3) is 0.391. The zero-order valence-corrected chi connectivity index (χ0v) is 18.0. The first-order valence-electron chi connectivity index (χ1n) is 10.9. The van der Waals surface area contributed by atoms with Crippen LogP contribution >= 0.6 is 0 Å². The van der Waals surface area contributed by atoms with E-state index in [1.165, 1.54) is 12.1 Å². The lowest BCUT2D eigenvalue weighted by molar-refractivity contribution is 0.0528. The Morgan fingerprint density at radius 2 is 1.62 bits per heavy atom. The van der Waals surface area contributed by atoms with Gasteiger partial charge in [0, 0.05) is 45.3 Å². The van der Waals surface area contributed by atoms with Crippen molar-refractivity contribution in [2.75, 3.05) is 26.2 Å². The Morgan fingerprint density at radius 3 is 2.34 bits per heavy atom. The molecule has 5 rings (SSSR count). The molecule has 2 aliphatic heterocycles. The molecule has 2 aromatic heterocycles. The van der Waals surface area contributed by atoms with E-state index in [0.717, 1.165) is 37.1 Å². The first-order valence-corrected chi connectivity index (χ1v) is 10.9. The van der Waals surface area contributed by atoms with Crippen molar-refractivity contribution in [1.82, 2.24) is 29.4 Å². The molecule has 1 aromatic carbocycles. The lowest BCUT2D eigenvalue weighted by Crippen LogP contribution is -2.51. The number of carbonyl (C=O) groups excluding carboxylic acids is 2. The number of amides is 2. The van der Waals surface area contributed by atoms with E-state index in [0.29, 0.717) is 43.1 Å². The molecule has 4 heterocycles. The first kappa shape index (κ1) is 20.4. The summed E-state index contributed by atoms with van der Waals surface area (Å²) in [6.07, 6.45) is 4.75. The van der Waals surface area contributed by atoms with Gasteiger partial charge in [-0.1, -0.05) is 0 Å². The molecule has 2 aliphatic rings. The van der Waals surface area contributed by atoms with E-state index in [1.54, 1.807) is 41.0 Å². The number of aromatic nitrogens is 4. The van der Waals surface area contributed by atoms with E-state index in [2.05, 4.69) is 10.2 Å². The van der Waals surface area contributed by atoms with Gasteiger partial charge in [0.15, 0.2) is 0 Å². The molecule has 1 saturated heterocycles. The normalized spacial score (nSPS) is 16.2. The molecule has 0 N–H and O–H groups in total. The van der Waals surface area contributed by atoms with Crippen molar-refractivity contribution in [3.05, 3.63) is 59.3 Å². The quantitative estimate of drug-likeness (QED) is 0.632. The maximum absolute atomic E-state index is 13.2. The summed E-state index contributed by atoms with van der Waals surface area (Å²) in [5.74, 6) is -0.437. The fourth-order valence-electron chi connectivity index (χ4n) is 4.47. The van der Waals surface area contributed by atoms with Crippen LogP contribution in [0.3, 0.4) is 0 Å². The maximum Gasteiger partial charge on any atom is 0.272 e. The van der Waals surface area contributed by atoms with Gasteiger partial charge in [0.05, 0.1) is 23.1 Å². The highest BCUT2D eigenvalue weighted by molar-refractivity contribution is 5.96. The number of fused-ring (bicyclic) bond motifs is 1. The van der Waals surface area contributed by atoms with Crippen molar-refractivity contribution in [2.45, 2.75) is 25.8 Å². The number of hydrogen-bond acceptors (Lipinski definition) is 4. The second-order valence-corrected chi connectivity index (χ2v) is 8.31. The van der Waals surface area contributed by atoms with Crippen LogP contribution < -0.4 is 0 Å². The van der Waals surface area contributed by atoms with E-state index in [4.69, 9.17) is 0 Å². The molecule has 0 aliphatic carbocycles. The molecule has 3 aromatic rings. The molecule has 0 radical (unpaired) electrons. The molecule has 0 unspecified atom stereocenters. The molecular formula is C23H25FN6O2. The van der Waals surface area contributed by atoms with Gasteiger partial charge in [0.1, 0.15) is 11.5 Å². The molecule has 8 nitrogen and oxygen atoms in total. The van der Waals surface area contributed by atoms with Gasteiger partial charge in [-0.2, -0.15) is 10.2 Å². The Bertz CT molecular complexity index is 1160. The van der Waals surface area contributed by atoms with Crippen molar-refractivity contribution in [1.29, 1.82) is 0 Å². The smallest absolute Gasteiger partial charge is 0.272 e. The van der Waals surface area contributed by atoms with E-state index < -0.39 is 0 Å². The van der Waals surface area contributed by atoms with Crippen molar-refractivity contribution < 1.29 is 14.0 Å². The SMILES string of the molecule is Cn1nc(-c2ccc(F)cc2)cc1C(=O)N1CCN(C(=O)c2cnn3c2CCCC3)CC1. The van der Waals surface area contributed by atoms with Gasteiger partial charge >= 0.3 is 0 Å². The van der Waals surface area contributed by atoms with Gasteiger partial charge in [-0.15, -0.1) is 0 Å². The average Bonchev–Trinajstić information content (AvgIpc) is 3.42. The molecule has 166 valence electrons. The second kappa shape index (κ2) is 8.22. The zero-order chi connectivity index (χ0) is 22.2. The van der Waals surface area contributed by atoms with Crippen molar-refractivity contribution in [3.8, 4) is 11.3 Å². The highest BCUT2D eigenvalue weighted by Gasteiger charge is 2.29. The monoisotopic (exact) mass is 436 g/mol. The first-order chi connectivity index (χ1) is 15.5. The van der Waals surface area contributed by atoms with Crippen LogP contribution in [0.15, 0.2) is 36.5 Å². The van der Waals surface area contributed by atoms with Crippen molar-refractivity contribution >= 4 is 11.8 Å². The van der Waals surface area contributed by atoms with Gasteiger partial charge in [-0.25, -0.2) is 4.39 Å². The summed E-state index contributed by atoms with van der Waals surface area (Å²) >= 11 is 0. The Hall–Kier alpha value is -3.49. The van der Waals surface area contributed by atoms with E-state index in [9.17, 15) is 14.0 Å². The van der Waals surface area contributed by atoms with Crippen LogP contribution in [0, 0.1) is 5.82 Å². The number of benzene rings is 1. The fourth-order valence-corrected chi connectivity index (χ4v) is 4.47. The topological polar surface area (TPSA) is 76.3 Å². The predicted molar refractivity (Wildman–Crippen MR) is 116 cm³/mol. The number of rotatable bonds is 3. The van der Waals surface area contributed by atoms with Crippen LogP contribution in [0.1, 0.15) is 39.4 Å². The molecule has 32 heavy (non-hydrogen) atoms. The average molecular weight is 436 g/mol. The Morgan fingerprint density at radius 1 is 0.938 bits per heavy atom. The molecule has 0 atom stereocenters. The van der Waals surface area contributed by atoms with Crippen LogP contribution in [0.25, 0.3) is 11.3 Å². The van der Waals surface area contributed by atoms with Crippen molar-refractivity contribution in [3.63, 3.8) is 0 Å². The standard InChI is InChI=1S/C23H25FN6O2/c1-27-21(14-19(26-27)16-5-7-17(24)8-6-16)23(32)29-12-10-28(11-13-29)22(31)18-15-25-30-9-3-2-4-20(18)30/h5-8,14-15H,2-4,9-13H2,1H3. The molecule has 0 bridgehead atoms. The number of piperazine rings is 1. The number of aryl methyl sites for hydroxylation is 2. The predicted octanol–water partition coefficient (Wildman–Crippen LogP) is 2.36. The summed E-state index contributed by atoms with van der Waals surface area (Å²) in [4.78, 5) is 29.7. The third kappa shape index (κ3) is 3.68. The van der Waals surface area contributed by atoms with Gasteiger partial charge in [0.25, 0.3) is 11.8 Å². The summed E-state index contributed by atoms with van der Waals surface area (Å²) in [6, 6.07) is 7.77. The third-order valence-corrected chi connectivity index (χ3v) is 6.31. The minimum atomic E-state index is -0.315. The maximum atomic E-state index is 13.2. The Labute approximate surface area is 185 Å². The van der Waals surface area contributed by atoms with Gasteiger partial charge in [-0.3, -0.25) is 19.0 Å². The number of nitrogens with zero attached hydrogens (tertiary/aromatic N) is 6. The van der Waals surface area contributed by atoms with E-state index in [-0.39, 0.29) is 17.6 Å². The highest BCUT2D eigenvalue weighted by atomic mass is 19.1. The molecule has 0 spiro atoms. The lowest BCUT2D eigenvalue weighted by atomic mass is 10.1. The van der Waals surface area contributed by atoms with Crippen LogP contribution in [-0.4, -0.2) is 67.4 Å². The van der Waals surface area contributed by atoms with Gasteiger partial charge < -0.3 is 9.80 Å². The van der Waals surface area contributed by atoms with E-state index >= 15 is 0 Å². The van der Waals surface area contributed by atoms with Crippen LogP contribution in [0.5, 0.6) is 0 Å². The van der Waals surface area contributed by atoms with Gasteiger partial charge in [-0.05, 0) is 49.6 Å². The molecule has 2 amide bonds. The summed E-state index contributed by atoms with van der Waals surface area (Å²) in [7, 11) is 1.73. The molecular weight excluding hydrogens is 411 g/mol. The molecule has 1 fully saturated rings. The molecule has 0 saturated carbocycles. The highest BCUT2D eigenvalue weighted by Crippen LogP contribution is 2.22. The summed E-state index contributed by atoms with van der Waals surface area (Å²) in [5, 5.41) is 8.79. The minimum Gasteiger partial charge on any atom is -0.335 e.